The number of rotatable bonds is 1. The Balaban J connectivity index is 2.45. The fourth-order valence-electron chi connectivity index (χ4n) is 0.522. The molecule has 2 N–H and O–H groups in total. The lowest BCUT2D eigenvalue weighted by Gasteiger charge is -2.22. The van der Waals surface area contributed by atoms with Gasteiger partial charge in [-0.25, -0.2) is 10.5 Å². The molecular formula is C3H8NO2P. The third kappa shape index (κ3) is 0.852. The summed E-state index contributed by atoms with van der Waals surface area (Å²) < 4.78 is 14.9. The first-order valence-electron chi connectivity index (χ1n) is 2.23. The monoisotopic (exact) mass is 121 g/mol. The van der Waals surface area contributed by atoms with Crippen LogP contribution in [0.2, 0.25) is 0 Å². The van der Waals surface area contributed by atoms with Crippen molar-refractivity contribution in [2.75, 3.05) is 12.3 Å². The van der Waals surface area contributed by atoms with Gasteiger partial charge in [0.25, 0.3) is 0 Å². The maximum atomic E-state index is 10.7. The summed E-state index contributed by atoms with van der Waals surface area (Å²) in [5.41, 5.74) is 0. The average Bonchev–Trinajstić information content (AvgIpc) is 1.61. The Morgan fingerprint density at radius 1 is 1.57 bits per heavy atom. The Hall–Kier alpha value is 0.150. The van der Waals surface area contributed by atoms with Crippen molar-refractivity contribution in [3.8, 4) is 0 Å². The normalized spacial score (nSPS) is 26.4. The molecule has 42 valence electrons. The summed E-state index contributed by atoms with van der Waals surface area (Å²) in [5, 5.41) is 0. The van der Waals surface area contributed by atoms with E-state index in [1.165, 1.54) is 0 Å². The van der Waals surface area contributed by atoms with Crippen LogP contribution in [-0.2, 0) is 9.19 Å². The van der Waals surface area contributed by atoms with Gasteiger partial charge in [0.2, 0.25) is 7.37 Å². The van der Waals surface area contributed by atoms with Crippen molar-refractivity contribution in [2.45, 2.75) is 6.42 Å². The molecule has 1 heterocycles. The second kappa shape index (κ2) is 1.58. The van der Waals surface area contributed by atoms with Gasteiger partial charge in [0.15, 0.2) is 0 Å². The molecular weight excluding hydrogens is 113 g/mol. The van der Waals surface area contributed by atoms with Crippen molar-refractivity contribution >= 4 is 7.37 Å². The summed E-state index contributed by atoms with van der Waals surface area (Å²) in [6, 6.07) is 0. The second-order valence-corrected chi connectivity index (χ2v) is 4.46. The molecule has 1 saturated heterocycles. The van der Waals surface area contributed by atoms with Crippen LogP contribution in [0.25, 0.3) is 0 Å². The lowest BCUT2D eigenvalue weighted by atomic mass is 10.5. The number of hydrogen-bond donors (Lipinski definition) is 1. The highest BCUT2D eigenvalue weighted by atomic mass is 31.2. The van der Waals surface area contributed by atoms with E-state index in [0.717, 1.165) is 6.42 Å². The Bertz CT molecular complexity index is 97.2. The summed E-state index contributed by atoms with van der Waals surface area (Å²) in [6.45, 7) is 0. The maximum absolute atomic E-state index is 10.7. The Morgan fingerprint density at radius 3 is 2.14 bits per heavy atom. The number of hydrogen-bond acceptors (Lipinski definition) is 3. The highest BCUT2D eigenvalue weighted by molar-refractivity contribution is 7.60. The van der Waals surface area contributed by atoms with Gasteiger partial charge in [0.1, 0.15) is 0 Å². The minimum atomic E-state index is -2.20. The molecule has 0 radical (unpaired) electrons. The van der Waals surface area contributed by atoms with Gasteiger partial charge in [0, 0.05) is 12.3 Å². The van der Waals surface area contributed by atoms with Crippen LogP contribution in [0.4, 0.5) is 0 Å². The molecule has 0 aromatic rings. The van der Waals surface area contributed by atoms with E-state index in [-0.39, 0.29) is 0 Å². The van der Waals surface area contributed by atoms with E-state index in [1.807, 2.05) is 0 Å². The highest BCUT2D eigenvalue weighted by Gasteiger charge is 2.30. The quantitative estimate of drug-likeness (QED) is 0.407. The van der Waals surface area contributed by atoms with Gasteiger partial charge >= 0.3 is 0 Å². The van der Waals surface area contributed by atoms with Crippen LogP contribution < -0.4 is 5.90 Å². The summed E-state index contributed by atoms with van der Waals surface area (Å²) in [6.07, 6.45) is 2.38. The van der Waals surface area contributed by atoms with Crippen LogP contribution in [-0.4, -0.2) is 12.3 Å². The van der Waals surface area contributed by atoms with Gasteiger partial charge in [-0.2, -0.15) is 0 Å². The Morgan fingerprint density at radius 2 is 2.14 bits per heavy atom. The molecule has 0 amide bonds. The zero-order valence-electron chi connectivity index (χ0n) is 3.96. The fraction of sp³-hybridized carbons (Fsp3) is 1.00. The van der Waals surface area contributed by atoms with E-state index in [9.17, 15) is 4.57 Å². The summed E-state index contributed by atoms with van der Waals surface area (Å²) in [7, 11) is -2.20. The van der Waals surface area contributed by atoms with Crippen molar-refractivity contribution in [3.05, 3.63) is 0 Å². The van der Waals surface area contributed by atoms with E-state index in [4.69, 9.17) is 5.90 Å². The lowest BCUT2D eigenvalue weighted by Crippen LogP contribution is -2.13. The molecule has 0 bridgehead atoms. The van der Waals surface area contributed by atoms with E-state index in [2.05, 4.69) is 4.62 Å². The zero-order valence-corrected chi connectivity index (χ0v) is 4.86. The van der Waals surface area contributed by atoms with Crippen molar-refractivity contribution in [1.29, 1.82) is 0 Å². The molecule has 0 spiro atoms. The molecule has 1 aliphatic heterocycles. The van der Waals surface area contributed by atoms with Gasteiger partial charge in [0.05, 0.1) is 0 Å². The first-order chi connectivity index (χ1) is 3.27. The highest BCUT2D eigenvalue weighted by Crippen LogP contribution is 2.54. The molecule has 3 nitrogen and oxygen atoms in total. The lowest BCUT2D eigenvalue weighted by molar-refractivity contribution is 0.318. The predicted molar refractivity (Wildman–Crippen MR) is 27.2 cm³/mol. The zero-order chi connectivity index (χ0) is 5.33. The molecule has 4 heteroatoms. The smallest absolute Gasteiger partial charge is 0.220 e. The van der Waals surface area contributed by atoms with Gasteiger partial charge in [-0.15, -0.1) is 0 Å². The summed E-state index contributed by atoms with van der Waals surface area (Å²) in [4.78, 5) is 0. The van der Waals surface area contributed by atoms with Crippen molar-refractivity contribution in [1.82, 2.24) is 0 Å². The molecule has 0 aromatic carbocycles. The number of nitrogens with two attached hydrogens (primary N) is 1. The minimum absolute atomic E-state index is 0.684. The van der Waals surface area contributed by atoms with Crippen molar-refractivity contribution < 1.29 is 9.19 Å². The van der Waals surface area contributed by atoms with Crippen LogP contribution in [0.3, 0.4) is 0 Å². The molecule has 0 aromatic heterocycles. The molecule has 1 fully saturated rings. The third-order valence-electron chi connectivity index (χ3n) is 1.19. The van der Waals surface area contributed by atoms with E-state index in [0.29, 0.717) is 12.3 Å². The first-order valence-corrected chi connectivity index (χ1v) is 4.23. The van der Waals surface area contributed by atoms with E-state index >= 15 is 0 Å². The van der Waals surface area contributed by atoms with Crippen LogP contribution in [0.15, 0.2) is 0 Å². The molecule has 1 aliphatic rings. The molecule has 0 aliphatic carbocycles. The molecule has 0 atom stereocenters. The maximum Gasteiger partial charge on any atom is 0.220 e. The van der Waals surface area contributed by atoms with Crippen LogP contribution >= 0.6 is 7.37 Å². The SMILES string of the molecule is NOP1(=O)CCC1. The molecule has 1 rings (SSSR count). The first kappa shape index (κ1) is 5.29. The van der Waals surface area contributed by atoms with Crippen LogP contribution in [0.1, 0.15) is 6.42 Å². The molecule has 0 unspecified atom stereocenters. The predicted octanol–water partition coefficient (Wildman–Crippen LogP) is 0.558. The van der Waals surface area contributed by atoms with Gasteiger partial charge < -0.3 is 0 Å². The second-order valence-electron chi connectivity index (χ2n) is 1.72. The van der Waals surface area contributed by atoms with Crippen LogP contribution in [0.5, 0.6) is 0 Å². The average molecular weight is 121 g/mol. The summed E-state index contributed by atoms with van der Waals surface area (Å²) in [5.74, 6) is 4.70. The van der Waals surface area contributed by atoms with Crippen LogP contribution in [0, 0.1) is 0 Å². The molecule has 7 heavy (non-hydrogen) atoms. The Kier molecular flexibility index (Phi) is 1.20. The molecule has 0 saturated carbocycles. The van der Waals surface area contributed by atoms with Crippen molar-refractivity contribution in [3.63, 3.8) is 0 Å². The Labute approximate surface area is 42.2 Å². The van der Waals surface area contributed by atoms with Gasteiger partial charge in [-0.05, 0) is 6.42 Å². The third-order valence-corrected chi connectivity index (χ3v) is 3.57. The van der Waals surface area contributed by atoms with Gasteiger partial charge in [-0.1, -0.05) is 0 Å². The minimum Gasteiger partial charge on any atom is -0.291 e. The van der Waals surface area contributed by atoms with E-state index < -0.39 is 7.37 Å². The topological polar surface area (TPSA) is 52.3 Å². The standard InChI is InChI=1S/C3H8NO2P/c4-6-7(5)2-1-3-7/h1-4H2. The van der Waals surface area contributed by atoms with E-state index in [1.54, 1.807) is 0 Å². The fourth-order valence-corrected chi connectivity index (χ4v) is 1.57. The largest absolute Gasteiger partial charge is 0.291 e. The van der Waals surface area contributed by atoms with Gasteiger partial charge in [-0.3, -0.25) is 4.57 Å². The van der Waals surface area contributed by atoms with Crippen molar-refractivity contribution in [2.24, 2.45) is 5.90 Å². The summed E-state index contributed by atoms with van der Waals surface area (Å²) >= 11 is 0.